The minimum absolute atomic E-state index is 0.00323. The van der Waals surface area contributed by atoms with Gasteiger partial charge in [-0.15, -0.1) is 5.10 Å². The van der Waals surface area contributed by atoms with Crippen molar-refractivity contribution in [3.8, 4) is 0 Å². The van der Waals surface area contributed by atoms with Crippen LogP contribution in [0.5, 0.6) is 0 Å². The highest BCUT2D eigenvalue weighted by atomic mass is 15.4. The molecule has 3 unspecified atom stereocenters. The number of nitrogens with one attached hydrogen (secondary N) is 2. The number of anilines is 1. The van der Waals surface area contributed by atoms with Gasteiger partial charge in [0.25, 0.3) is 0 Å². The summed E-state index contributed by atoms with van der Waals surface area (Å²) >= 11 is 0. The molecule has 3 atom stereocenters. The lowest BCUT2D eigenvalue weighted by molar-refractivity contribution is 0.403. The van der Waals surface area contributed by atoms with Crippen molar-refractivity contribution < 1.29 is 0 Å². The van der Waals surface area contributed by atoms with Gasteiger partial charge in [-0.2, -0.15) is 10.1 Å². The van der Waals surface area contributed by atoms with Crippen LogP contribution in [0.4, 0.5) is 5.95 Å². The number of nitrogens with zero attached hydrogens (tertiary/aromatic N) is 6. The largest absolute Gasteiger partial charge is 0.336 e. The molecule has 3 rings (SSSR count). The predicted octanol–water partition coefficient (Wildman–Crippen LogP) is 0.192. The SMILES string of the molecule is CC1CN(c2n[nH]c(C(C)n3cncn3)n2)CC(C)N1. The summed E-state index contributed by atoms with van der Waals surface area (Å²) in [5, 5.41) is 15.0. The number of aromatic nitrogens is 6. The van der Waals surface area contributed by atoms with Gasteiger partial charge < -0.3 is 10.2 Å². The lowest BCUT2D eigenvalue weighted by atomic mass is 10.1. The maximum absolute atomic E-state index is 4.60. The van der Waals surface area contributed by atoms with Crippen LogP contribution in [0.25, 0.3) is 0 Å². The molecule has 1 fully saturated rings. The van der Waals surface area contributed by atoms with Crippen LogP contribution in [-0.4, -0.2) is 55.1 Å². The normalized spacial score (nSPS) is 24.9. The number of hydrogen-bond donors (Lipinski definition) is 2. The van der Waals surface area contributed by atoms with E-state index in [1.165, 1.54) is 6.33 Å². The fraction of sp³-hybridized carbons (Fsp3) is 0.667. The Morgan fingerprint density at radius 2 is 2.05 bits per heavy atom. The first kappa shape index (κ1) is 13.0. The molecule has 0 aliphatic carbocycles. The van der Waals surface area contributed by atoms with E-state index < -0.39 is 0 Å². The zero-order valence-electron chi connectivity index (χ0n) is 12.0. The van der Waals surface area contributed by atoms with Gasteiger partial charge in [0.2, 0.25) is 5.95 Å². The molecule has 0 radical (unpaired) electrons. The highest BCUT2D eigenvalue weighted by Gasteiger charge is 2.24. The first-order chi connectivity index (χ1) is 9.63. The van der Waals surface area contributed by atoms with E-state index in [9.17, 15) is 0 Å². The van der Waals surface area contributed by atoms with Crippen LogP contribution in [-0.2, 0) is 0 Å². The number of piperazine rings is 1. The van der Waals surface area contributed by atoms with Crippen molar-refractivity contribution in [1.82, 2.24) is 35.3 Å². The fourth-order valence-corrected chi connectivity index (χ4v) is 2.63. The molecular formula is C12H20N8. The third kappa shape index (κ3) is 2.51. The summed E-state index contributed by atoms with van der Waals surface area (Å²) in [5.41, 5.74) is 0. The highest BCUT2D eigenvalue weighted by Crippen LogP contribution is 2.17. The third-order valence-corrected chi connectivity index (χ3v) is 3.56. The van der Waals surface area contributed by atoms with Gasteiger partial charge in [-0.3, -0.25) is 5.10 Å². The first-order valence-corrected chi connectivity index (χ1v) is 6.91. The van der Waals surface area contributed by atoms with E-state index in [1.54, 1.807) is 11.0 Å². The van der Waals surface area contributed by atoms with E-state index in [0.29, 0.717) is 12.1 Å². The topological polar surface area (TPSA) is 87.6 Å². The average Bonchev–Trinajstić information content (AvgIpc) is 3.09. The van der Waals surface area contributed by atoms with Gasteiger partial charge in [0.05, 0.1) is 0 Å². The van der Waals surface area contributed by atoms with E-state index in [4.69, 9.17) is 0 Å². The zero-order valence-corrected chi connectivity index (χ0v) is 12.0. The molecule has 0 bridgehead atoms. The van der Waals surface area contributed by atoms with Gasteiger partial charge in [0, 0.05) is 25.2 Å². The van der Waals surface area contributed by atoms with Gasteiger partial charge in [-0.25, -0.2) is 9.67 Å². The van der Waals surface area contributed by atoms with Crippen molar-refractivity contribution in [2.24, 2.45) is 0 Å². The average molecular weight is 276 g/mol. The highest BCUT2D eigenvalue weighted by molar-refractivity contribution is 5.31. The van der Waals surface area contributed by atoms with E-state index in [1.807, 2.05) is 6.92 Å². The summed E-state index contributed by atoms with van der Waals surface area (Å²) in [6.45, 7) is 8.20. The lowest BCUT2D eigenvalue weighted by Gasteiger charge is -2.35. The Hall–Kier alpha value is -1.96. The molecule has 0 aromatic carbocycles. The minimum atomic E-state index is -0.00323. The van der Waals surface area contributed by atoms with E-state index in [-0.39, 0.29) is 6.04 Å². The monoisotopic (exact) mass is 276 g/mol. The van der Waals surface area contributed by atoms with Crippen LogP contribution in [0.3, 0.4) is 0 Å². The summed E-state index contributed by atoms with van der Waals surface area (Å²) in [5.74, 6) is 1.55. The molecule has 8 heteroatoms. The molecule has 20 heavy (non-hydrogen) atoms. The van der Waals surface area contributed by atoms with Gasteiger partial charge in [0.15, 0.2) is 5.82 Å². The predicted molar refractivity (Wildman–Crippen MR) is 74.5 cm³/mol. The van der Waals surface area contributed by atoms with Crippen molar-refractivity contribution in [2.45, 2.75) is 38.9 Å². The maximum atomic E-state index is 4.60. The number of hydrogen-bond acceptors (Lipinski definition) is 6. The molecular weight excluding hydrogens is 256 g/mol. The summed E-state index contributed by atoms with van der Waals surface area (Å²) < 4.78 is 1.76. The van der Waals surface area contributed by atoms with Crippen molar-refractivity contribution in [1.29, 1.82) is 0 Å². The zero-order chi connectivity index (χ0) is 14.1. The standard InChI is InChI=1S/C12H20N8/c1-8-4-19(5-9(2)15-8)12-16-11(17-18-12)10(3)20-7-13-6-14-20/h6-10,15H,4-5H2,1-3H3,(H,16,17,18). The quantitative estimate of drug-likeness (QED) is 0.832. The van der Waals surface area contributed by atoms with Crippen molar-refractivity contribution in [3.05, 3.63) is 18.5 Å². The van der Waals surface area contributed by atoms with Gasteiger partial charge in [-0.1, -0.05) is 0 Å². The summed E-state index contributed by atoms with van der Waals surface area (Å²) in [6, 6.07) is 0.874. The summed E-state index contributed by atoms with van der Waals surface area (Å²) in [6.07, 6.45) is 3.20. The molecule has 2 aromatic heterocycles. The molecule has 2 N–H and O–H groups in total. The van der Waals surface area contributed by atoms with Crippen molar-refractivity contribution in [2.75, 3.05) is 18.0 Å². The Morgan fingerprint density at radius 1 is 1.30 bits per heavy atom. The molecule has 108 valence electrons. The fourth-order valence-electron chi connectivity index (χ4n) is 2.63. The van der Waals surface area contributed by atoms with Crippen LogP contribution in [0.2, 0.25) is 0 Å². The first-order valence-electron chi connectivity index (χ1n) is 6.91. The molecule has 1 aliphatic heterocycles. The Balaban J connectivity index is 1.76. The second-order valence-corrected chi connectivity index (χ2v) is 5.45. The number of rotatable bonds is 3. The second kappa shape index (κ2) is 5.20. The molecule has 3 heterocycles. The molecule has 0 amide bonds. The second-order valence-electron chi connectivity index (χ2n) is 5.45. The third-order valence-electron chi connectivity index (χ3n) is 3.56. The smallest absolute Gasteiger partial charge is 0.244 e. The van der Waals surface area contributed by atoms with Gasteiger partial charge in [-0.05, 0) is 20.8 Å². The Labute approximate surface area is 117 Å². The Kier molecular flexibility index (Phi) is 3.39. The number of aromatic amines is 1. The van der Waals surface area contributed by atoms with Gasteiger partial charge in [0.1, 0.15) is 18.7 Å². The minimum Gasteiger partial charge on any atom is -0.336 e. The summed E-state index contributed by atoms with van der Waals surface area (Å²) in [7, 11) is 0. The number of H-pyrrole nitrogens is 1. The molecule has 8 nitrogen and oxygen atoms in total. The van der Waals surface area contributed by atoms with Crippen LogP contribution in [0.15, 0.2) is 12.7 Å². The van der Waals surface area contributed by atoms with Crippen molar-refractivity contribution in [3.63, 3.8) is 0 Å². The van der Waals surface area contributed by atoms with Crippen LogP contribution in [0, 0.1) is 0 Å². The van der Waals surface area contributed by atoms with E-state index >= 15 is 0 Å². The summed E-state index contributed by atoms with van der Waals surface area (Å²) in [4.78, 5) is 10.8. The maximum Gasteiger partial charge on any atom is 0.244 e. The van der Waals surface area contributed by atoms with Crippen LogP contribution in [0.1, 0.15) is 32.6 Å². The Morgan fingerprint density at radius 3 is 2.70 bits per heavy atom. The van der Waals surface area contributed by atoms with E-state index in [2.05, 4.69) is 49.3 Å². The molecule has 1 saturated heterocycles. The molecule has 0 saturated carbocycles. The van der Waals surface area contributed by atoms with Crippen LogP contribution < -0.4 is 10.2 Å². The van der Waals surface area contributed by atoms with Crippen molar-refractivity contribution >= 4 is 5.95 Å². The Bertz CT molecular complexity index is 538. The van der Waals surface area contributed by atoms with Gasteiger partial charge >= 0.3 is 0 Å². The van der Waals surface area contributed by atoms with Crippen LogP contribution >= 0.6 is 0 Å². The molecule has 1 aliphatic rings. The lowest BCUT2D eigenvalue weighted by Crippen LogP contribution is -2.54. The molecule has 2 aromatic rings. The molecule has 0 spiro atoms. The van der Waals surface area contributed by atoms with E-state index in [0.717, 1.165) is 24.9 Å².